The highest BCUT2D eigenvalue weighted by atomic mass is 16.5. The molecule has 0 unspecified atom stereocenters. The molecule has 3 heterocycles. The molecule has 1 spiro atoms. The van der Waals surface area contributed by atoms with Gasteiger partial charge in [0, 0.05) is 27.2 Å². The Bertz CT molecular complexity index is 530. The lowest BCUT2D eigenvalue weighted by molar-refractivity contribution is -0.148. The number of hydrogen-bond acceptors (Lipinski definition) is 4. The smallest absolute Gasteiger partial charge is 0.251 e. The third-order valence-corrected chi connectivity index (χ3v) is 4.91. The zero-order valence-corrected chi connectivity index (χ0v) is 13.8. The summed E-state index contributed by atoms with van der Waals surface area (Å²) in [6.07, 6.45) is 3.63. The molecule has 1 aromatic heterocycles. The normalized spacial score (nSPS) is 24.8. The Labute approximate surface area is 132 Å². The highest BCUT2D eigenvalue weighted by Crippen LogP contribution is 2.39. The minimum Gasteiger partial charge on any atom is -0.465 e. The summed E-state index contributed by atoms with van der Waals surface area (Å²) in [7, 11) is 3.59. The molecular weight excluding hydrogens is 280 g/mol. The molecule has 2 aliphatic heterocycles. The fraction of sp³-hybridized carbons (Fsp3) is 0.706. The molecule has 22 heavy (non-hydrogen) atoms. The maximum atomic E-state index is 12.1. The van der Waals surface area contributed by atoms with Crippen molar-refractivity contribution in [1.82, 2.24) is 9.80 Å². The first-order chi connectivity index (χ1) is 10.5. The molecule has 1 atom stereocenters. The van der Waals surface area contributed by atoms with Gasteiger partial charge in [0.1, 0.15) is 17.6 Å². The molecule has 0 saturated carbocycles. The Kier molecular flexibility index (Phi) is 4.28. The molecule has 2 fully saturated rings. The van der Waals surface area contributed by atoms with Crippen molar-refractivity contribution >= 4 is 5.91 Å². The van der Waals surface area contributed by atoms with Gasteiger partial charge in [-0.15, -0.1) is 0 Å². The molecule has 122 valence electrons. The van der Waals surface area contributed by atoms with Crippen LogP contribution in [0.1, 0.15) is 37.2 Å². The summed E-state index contributed by atoms with van der Waals surface area (Å²) in [5, 5.41) is 0. The second kappa shape index (κ2) is 6.05. The average Bonchev–Trinajstić information content (AvgIpc) is 3.08. The van der Waals surface area contributed by atoms with Crippen LogP contribution in [0.2, 0.25) is 0 Å². The van der Waals surface area contributed by atoms with Gasteiger partial charge in [-0.3, -0.25) is 9.69 Å². The van der Waals surface area contributed by atoms with Crippen LogP contribution in [-0.4, -0.2) is 54.6 Å². The molecule has 0 aromatic carbocycles. The van der Waals surface area contributed by atoms with E-state index in [9.17, 15) is 4.79 Å². The molecule has 5 heteroatoms. The average molecular weight is 306 g/mol. The Balaban J connectivity index is 1.52. The molecular formula is C17H26N2O3. The third-order valence-electron chi connectivity index (χ3n) is 4.91. The highest BCUT2D eigenvalue weighted by molar-refractivity contribution is 5.80. The van der Waals surface area contributed by atoms with Crippen LogP contribution in [-0.2, 0) is 16.1 Å². The molecule has 3 rings (SSSR count). The van der Waals surface area contributed by atoms with Crippen molar-refractivity contribution in [3.8, 4) is 0 Å². The van der Waals surface area contributed by atoms with Crippen LogP contribution in [0.5, 0.6) is 0 Å². The van der Waals surface area contributed by atoms with Gasteiger partial charge in [-0.1, -0.05) is 0 Å². The van der Waals surface area contributed by atoms with Gasteiger partial charge in [-0.05, 0) is 44.7 Å². The van der Waals surface area contributed by atoms with Crippen molar-refractivity contribution in [1.29, 1.82) is 0 Å². The number of carbonyl (C=O) groups excluding carboxylic acids is 1. The topological polar surface area (TPSA) is 45.9 Å². The molecule has 0 aliphatic carbocycles. The maximum absolute atomic E-state index is 12.1. The first kappa shape index (κ1) is 15.6. The maximum Gasteiger partial charge on any atom is 0.251 e. The molecule has 0 bridgehead atoms. The lowest BCUT2D eigenvalue weighted by Crippen LogP contribution is -2.45. The second-order valence-electron chi connectivity index (χ2n) is 6.85. The van der Waals surface area contributed by atoms with Gasteiger partial charge in [0.05, 0.1) is 12.1 Å². The van der Waals surface area contributed by atoms with Crippen molar-refractivity contribution in [2.45, 2.75) is 50.9 Å². The van der Waals surface area contributed by atoms with Crippen LogP contribution in [0.25, 0.3) is 0 Å². The Hall–Kier alpha value is -1.33. The largest absolute Gasteiger partial charge is 0.465 e. The number of likely N-dealkylation sites (N-methyl/N-ethyl adjacent to an activating group) is 1. The second-order valence-corrected chi connectivity index (χ2v) is 6.85. The number of amides is 1. The predicted molar refractivity (Wildman–Crippen MR) is 83.5 cm³/mol. The number of nitrogens with zero attached hydrogens (tertiary/aromatic N) is 2. The number of furan rings is 1. The van der Waals surface area contributed by atoms with Gasteiger partial charge >= 0.3 is 0 Å². The van der Waals surface area contributed by atoms with Gasteiger partial charge < -0.3 is 14.1 Å². The Morgan fingerprint density at radius 2 is 2.05 bits per heavy atom. The van der Waals surface area contributed by atoms with Gasteiger partial charge in [0.15, 0.2) is 0 Å². The number of piperidine rings is 1. The number of aryl methyl sites for hydroxylation is 1. The van der Waals surface area contributed by atoms with E-state index in [1.54, 1.807) is 19.0 Å². The van der Waals surface area contributed by atoms with Crippen molar-refractivity contribution < 1.29 is 13.9 Å². The van der Waals surface area contributed by atoms with E-state index >= 15 is 0 Å². The van der Waals surface area contributed by atoms with E-state index < -0.39 is 0 Å². The lowest BCUT2D eigenvalue weighted by atomic mass is 9.88. The monoisotopic (exact) mass is 306 g/mol. The van der Waals surface area contributed by atoms with Crippen molar-refractivity contribution in [2.75, 3.05) is 27.2 Å². The first-order valence-corrected chi connectivity index (χ1v) is 8.14. The fourth-order valence-corrected chi connectivity index (χ4v) is 3.55. The van der Waals surface area contributed by atoms with Gasteiger partial charge in [-0.25, -0.2) is 0 Å². The molecule has 1 aromatic rings. The van der Waals surface area contributed by atoms with Crippen LogP contribution in [0.15, 0.2) is 16.5 Å². The van der Waals surface area contributed by atoms with E-state index in [1.165, 1.54) is 0 Å². The summed E-state index contributed by atoms with van der Waals surface area (Å²) < 4.78 is 11.8. The van der Waals surface area contributed by atoms with Crippen LogP contribution < -0.4 is 0 Å². The van der Waals surface area contributed by atoms with E-state index in [4.69, 9.17) is 9.15 Å². The fourth-order valence-electron chi connectivity index (χ4n) is 3.55. The number of likely N-dealkylation sites (tertiary alicyclic amines) is 1. The van der Waals surface area contributed by atoms with E-state index in [2.05, 4.69) is 11.0 Å². The first-order valence-electron chi connectivity index (χ1n) is 8.14. The molecule has 5 nitrogen and oxygen atoms in total. The van der Waals surface area contributed by atoms with E-state index in [0.29, 0.717) is 0 Å². The summed E-state index contributed by atoms with van der Waals surface area (Å²) >= 11 is 0. The lowest BCUT2D eigenvalue weighted by Gasteiger charge is -2.38. The van der Waals surface area contributed by atoms with E-state index in [0.717, 1.165) is 56.8 Å². The molecule has 0 radical (unpaired) electrons. The Morgan fingerprint density at radius 3 is 2.64 bits per heavy atom. The molecule has 2 aliphatic rings. The highest BCUT2D eigenvalue weighted by Gasteiger charge is 2.45. The predicted octanol–water partition coefficient (Wildman–Crippen LogP) is 2.19. The zero-order chi connectivity index (χ0) is 15.7. The number of ether oxygens (including phenoxy) is 1. The van der Waals surface area contributed by atoms with Gasteiger partial charge in [-0.2, -0.15) is 0 Å². The van der Waals surface area contributed by atoms with Crippen LogP contribution in [0, 0.1) is 6.92 Å². The quantitative estimate of drug-likeness (QED) is 0.859. The Morgan fingerprint density at radius 1 is 1.32 bits per heavy atom. The standard InChI is InChI=1S/C17H26N2O3/c1-13-4-5-14(21-13)12-19-10-8-17(9-11-19)7-6-15(22-17)16(20)18(2)3/h4-5,15H,6-12H2,1-3H3/t15-/m1/s1. The van der Waals surface area contributed by atoms with Gasteiger partial charge in [0.2, 0.25) is 0 Å². The van der Waals surface area contributed by atoms with E-state index in [1.807, 2.05) is 13.0 Å². The van der Waals surface area contributed by atoms with Crippen molar-refractivity contribution in [3.05, 3.63) is 23.7 Å². The van der Waals surface area contributed by atoms with E-state index in [-0.39, 0.29) is 17.6 Å². The number of rotatable bonds is 3. The summed E-state index contributed by atoms with van der Waals surface area (Å²) in [6, 6.07) is 4.07. The number of hydrogen-bond donors (Lipinski definition) is 0. The summed E-state index contributed by atoms with van der Waals surface area (Å²) in [4.78, 5) is 16.1. The van der Waals surface area contributed by atoms with Gasteiger partial charge in [0.25, 0.3) is 5.91 Å². The minimum absolute atomic E-state index is 0.0775. The molecule has 2 saturated heterocycles. The van der Waals surface area contributed by atoms with Crippen molar-refractivity contribution in [3.63, 3.8) is 0 Å². The summed E-state index contributed by atoms with van der Waals surface area (Å²) in [5.74, 6) is 2.10. The summed E-state index contributed by atoms with van der Waals surface area (Å²) in [6.45, 7) is 4.85. The molecule has 1 amide bonds. The molecule has 0 N–H and O–H groups in total. The summed E-state index contributed by atoms with van der Waals surface area (Å²) in [5.41, 5.74) is -0.0775. The SMILES string of the molecule is Cc1ccc(CN2CCC3(CC[C@H](C(=O)N(C)C)O3)CC2)o1. The van der Waals surface area contributed by atoms with Crippen LogP contribution in [0.3, 0.4) is 0 Å². The van der Waals surface area contributed by atoms with Crippen LogP contribution in [0.4, 0.5) is 0 Å². The third kappa shape index (κ3) is 3.20. The number of carbonyl (C=O) groups is 1. The van der Waals surface area contributed by atoms with Crippen molar-refractivity contribution in [2.24, 2.45) is 0 Å². The minimum atomic E-state index is -0.241. The van der Waals surface area contributed by atoms with Crippen LogP contribution >= 0.6 is 0 Å². The zero-order valence-electron chi connectivity index (χ0n) is 13.8.